The first kappa shape index (κ1) is 12.0. The molecule has 0 amide bonds. The first-order valence-electron chi connectivity index (χ1n) is 4.72. The molecule has 0 heterocycles. The Kier molecular flexibility index (Phi) is 3.83. The fraction of sp³-hybridized carbons (Fsp3) is 0.167. The van der Waals surface area contributed by atoms with Gasteiger partial charge < -0.3 is 10.2 Å². The highest BCUT2D eigenvalue weighted by atomic mass is 16.4. The van der Waals surface area contributed by atoms with E-state index in [0.29, 0.717) is 5.57 Å². The Hall–Kier alpha value is -2.10. The normalized spacial score (nSPS) is 11.8. The highest BCUT2D eigenvalue weighted by Gasteiger charge is 2.15. The molecule has 0 fully saturated rings. The Labute approximate surface area is 92.8 Å². The van der Waals surface area contributed by atoms with Crippen LogP contribution in [0.25, 0.3) is 5.57 Å². The maximum Gasteiger partial charge on any atom is 0.332 e. The zero-order valence-corrected chi connectivity index (χ0v) is 8.80. The van der Waals surface area contributed by atoms with Crippen LogP contribution < -0.4 is 0 Å². The average molecular weight is 220 g/mol. The van der Waals surface area contributed by atoms with Crippen molar-refractivity contribution in [3.63, 3.8) is 0 Å². The number of allylic oxidation sites excluding steroid dienone is 1. The second kappa shape index (κ2) is 5.11. The molecule has 1 rings (SSSR count). The van der Waals surface area contributed by atoms with Crippen LogP contribution in [-0.4, -0.2) is 22.2 Å². The van der Waals surface area contributed by atoms with Gasteiger partial charge in [0.2, 0.25) is 0 Å². The zero-order valence-electron chi connectivity index (χ0n) is 8.80. The van der Waals surface area contributed by atoms with Crippen LogP contribution in [0.2, 0.25) is 0 Å². The van der Waals surface area contributed by atoms with Crippen LogP contribution in [0.4, 0.5) is 0 Å². The van der Waals surface area contributed by atoms with Crippen molar-refractivity contribution in [3.05, 3.63) is 41.5 Å². The van der Waals surface area contributed by atoms with E-state index in [1.807, 2.05) is 6.07 Å². The van der Waals surface area contributed by atoms with Crippen LogP contribution in [0.15, 0.2) is 35.9 Å². The van der Waals surface area contributed by atoms with Crippen LogP contribution >= 0.6 is 0 Å². The summed E-state index contributed by atoms with van der Waals surface area (Å²) in [4.78, 5) is 21.5. The monoisotopic (exact) mass is 220 g/mol. The second-order valence-corrected chi connectivity index (χ2v) is 3.35. The van der Waals surface area contributed by atoms with Crippen LogP contribution in [0.1, 0.15) is 18.9 Å². The predicted molar refractivity (Wildman–Crippen MR) is 58.9 cm³/mol. The Morgan fingerprint density at radius 2 is 1.69 bits per heavy atom. The maximum atomic E-state index is 10.9. The molecule has 1 aromatic carbocycles. The van der Waals surface area contributed by atoms with E-state index in [9.17, 15) is 9.59 Å². The van der Waals surface area contributed by atoms with Crippen molar-refractivity contribution >= 4 is 17.5 Å². The summed E-state index contributed by atoms with van der Waals surface area (Å²) in [5.41, 5.74) is 1.12. The number of carbonyl (C=O) groups is 2. The lowest BCUT2D eigenvalue weighted by molar-refractivity contribution is -0.139. The Bertz CT molecular complexity index is 432. The fourth-order valence-corrected chi connectivity index (χ4v) is 1.38. The highest BCUT2D eigenvalue weighted by molar-refractivity contribution is 5.99. The van der Waals surface area contributed by atoms with E-state index in [0.717, 1.165) is 5.56 Å². The number of hydrogen-bond acceptors (Lipinski definition) is 2. The van der Waals surface area contributed by atoms with Crippen molar-refractivity contribution < 1.29 is 19.8 Å². The molecule has 0 radical (unpaired) electrons. The van der Waals surface area contributed by atoms with Gasteiger partial charge in [0.15, 0.2) is 0 Å². The molecule has 0 aliphatic carbocycles. The van der Waals surface area contributed by atoms with Crippen molar-refractivity contribution in [2.24, 2.45) is 0 Å². The molecule has 0 saturated heterocycles. The van der Waals surface area contributed by atoms with Gasteiger partial charge in [-0.25, -0.2) is 4.79 Å². The number of rotatable bonds is 4. The van der Waals surface area contributed by atoms with Gasteiger partial charge in [-0.2, -0.15) is 0 Å². The Morgan fingerprint density at radius 3 is 2.12 bits per heavy atom. The van der Waals surface area contributed by atoms with E-state index < -0.39 is 18.4 Å². The molecule has 4 heteroatoms. The molecule has 84 valence electrons. The molecule has 0 unspecified atom stereocenters. The van der Waals surface area contributed by atoms with E-state index in [2.05, 4.69) is 0 Å². The van der Waals surface area contributed by atoms with Gasteiger partial charge in [0.25, 0.3) is 0 Å². The van der Waals surface area contributed by atoms with Crippen LogP contribution in [0.5, 0.6) is 0 Å². The molecular formula is C12H12O4. The summed E-state index contributed by atoms with van der Waals surface area (Å²) in [5, 5.41) is 17.6. The van der Waals surface area contributed by atoms with Crippen molar-refractivity contribution in [2.45, 2.75) is 13.3 Å². The summed E-state index contributed by atoms with van der Waals surface area (Å²) in [6.07, 6.45) is -0.476. The minimum atomic E-state index is -1.19. The second-order valence-electron chi connectivity index (χ2n) is 3.35. The topological polar surface area (TPSA) is 74.6 Å². The molecule has 0 aliphatic rings. The third-order valence-corrected chi connectivity index (χ3v) is 2.25. The van der Waals surface area contributed by atoms with E-state index >= 15 is 0 Å². The van der Waals surface area contributed by atoms with Crippen molar-refractivity contribution in [2.75, 3.05) is 0 Å². The molecule has 0 bridgehead atoms. The summed E-state index contributed by atoms with van der Waals surface area (Å²) >= 11 is 0. The van der Waals surface area contributed by atoms with Crippen molar-refractivity contribution in [3.8, 4) is 0 Å². The summed E-state index contributed by atoms with van der Waals surface area (Å²) in [5.74, 6) is -2.34. The van der Waals surface area contributed by atoms with Crippen LogP contribution in [0, 0.1) is 0 Å². The first-order valence-corrected chi connectivity index (χ1v) is 4.72. The summed E-state index contributed by atoms with van der Waals surface area (Å²) in [6.45, 7) is 1.61. The van der Waals surface area contributed by atoms with Gasteiger partial charge in [-0.15, -0.1) is 0 Å². The number of carboxylic acid groups (broad SMARTS) is 2. The largest absolute Gasteiger partial charge is 0.481 e. The summed E-state index contributed by atoms with van der Waals surface area (Å²) in [6, 6.07) is 8.87. The summed E-state index contributed by atoms with van der Waals surface area (Å²) < 4.78 is 0. The fourth-order valence-electron chi connectivity index (χ4n) is 1.38. The smallest absolute Gasteiger partial charge is 0.332 e. The molecular weight excluding hydrogens is 208 g/mol. The zero-order chi connectivity index (χ0) is 12.1. The standard InChI is InChI=1S/C12H12O4/c1-8(9-5-3-2-4-6-9)10(12(15)16)7-11(13)14/h2-6H,7H2,1H3,(H,13,14)(H,15,16)/b10-8-. The minimum Gasteiger partial charge on any atom is -0.481 e. The average Bonchev–Trinajstić information content (AvgIpc) is 2.25. The third kappa shape index (κ3) is 2.95. The van der Waals surface area contributed by atoms with Gasteiger partial charge in [-0.05, 0) is 18.1 Å². The number of carboxylic acids is 2. The molecule has 1 aromatic rings. The molecule has 2 N–H and O–H groups in total. The van der Waals surface area contributed by atoms with E-state index in [-0.39, 0.29) is 5.57 Å². The lowest BCUT2D eigenvalue weighted by Gasteiger charge is -2.06. The third-order valence-electron chi connectivity index (χ3n) is 2.25. The van der Waals surface area contributed by atoms with Crippen molar-refractivity contribution in [1.29, 1.82) is 0 Å². The first-order chi connectivity index (χ1) is 7.52. The molecule has 0 atom stereocenters. The lowest BCUT2D eigenvalue weighted by Crippen LogP contribution is -2.08. The predicted octanol–water partition coefficient (Wildman–Crippen LogP) is 2.02. The molecule has 0 saturated carbocycles. The van der Waals surface area contributed by atoms with Crippen LogP contribution in [-0.2, 0) is 9.59 Å². The Morgan fingerprint density at radius 1 is 1.12 bits per heavy atom. The Balaban J connectivity index is 3.16. The number of aliphatic carboxylic acids is 2. The van der Waals surface area contributed by atoms with E-state index in [4.69, 9.17) is 10.2 Å². The maximum absolute atomic E-state index is 10.9. The SMILES string of the molecule is C/C(=C(\CC(=O)O)C(=O)O)c1ccccc1. The molecule has 16 heavy (non-hydrogen) atoms. The van der Waals surface area contributed by atoms with Crippen LogP contribution in [0.3, 0.4) is 0 Å². The van der Waals surface area contributed by atoms with Gasteiger partial charge in [0, 0.05) is 0 Å². The lowest BCUT2D eigenvalue weighted by atomic mass is 9.99. The van der Waals surface area contributed by atoms with Crippen molar-refractivity contribution in [1.82, 2.24) is 0 Å². The van der Waals surface area contributed by atoms with E-state index in [1.165, 1.54) is 0 Å². The molecule has 4 nitrogen and oxygen atoms in total. The van der Waals surface area contributed by atoms with Gasteiger partial charge in [-0.3, -0.25) is 4.79 Å². The van der Waals surface area contributed by atoms with Gasteiger partial charge >= 0.3 is 11.9 Å². The molecule has 0 spiro atoms. The van der Waals surface area contributed by atoms with Gasteiger partial charge in [0.1, 0.15) is 0 Å². The number of hydrogen-bond donors (Lipinski definition) is 2. The molecule has 0 aliphatic heterocycles. The molecule has 0 aromatic heterocycles. The minimum absolute atomic E-state index is 0.0845. The quantitative estimate of drug-likeness (QED) is 0.761. The van der Waals surface area contributed by atoms with E-state index in [1.54, 1.807) is 31.2 Å². The van der Waals surface area contributed by atoms with Gasteiger partial charge in [0.05, 0.1) is 12.0 Å². The highest BCUT2D eigenvalue weighted by Crippen LogP contribution is 2.20. The number of benzene rings is 1. The summed E-state index contributed by atoms with van der Waals surface area (Å²) in [7, 11) is 0. The van der Waals surface area contributed by atoms with Gasteiger partial charge in [-0.1, -0.05) is 30.3 Å².